The molecule has 0 saturated carbocycles. The number of carbonyl (C=O) groups is 1. The van der Waals surface area contributed by atoms with Gasteiger partial charge in [-0.2, -0.15) is 17.5 Å². The molecule has 18 aromatic rings. The Labute approximate surface area is 719 Å². The van der Waals surface area contributed by atoms with E-state index in [0.717, 1.165) is 72.2 Å². The molecular weight excluding hydrogens is 1790 g/mol. The van der Waals surface area contributed by atoms with E-state index in [2.05, 4.69) is 187 Å². The second-order valence-electron chi connectivity index (χ2n) is 29.6. The van der Waals surface area contributed by atoms with Crippen molar-refractivity contribution in [2.45, 2.75) is 222 Å². The van der Waals surface area contributed by atoms with Crippen molar-refractivity contribution in [3.05, 3.63) is 168 Å². The van der Waals surface area contributed by atoms with Crippen LogP contribution in [0.25, 0.3) is 110 Å². The van der Waals surface area contributed by atoms with Crippen molar-refractivity contribution in [2.24, 2.45) is 8.73 Å². The first-order chi connectivity index (χ1) is 52.3. The molecule has 111 heavy (non-hydrogen) atoms. The summed E-state index contributed by atoms with van der Waals surface area (Å²) in [7, 11) is 0. The van der Waals surface area contributed by atoms with Gasteiger partial charge >= 0.3 is 189 Å². The van der Waals surface area contributed by atoms with Gasteiger partial charge in [0.15, 0.2) is 16.9 Å². The van der Waals surface area contributed by atoms with Gasteiger partial charge in [0, 0.05) is 99.6 Å². The third kappa shape index (κ3) is 14.9. The molecule has 0 spiro atoms. The number of fused-ring (bicyclic) bond motifs is 11. The van der Waals surface area contributed by atoms with Gasteiger partial charge in [0.05, 0.1) is 39.1 Å². The molecule has 0 saturated heterocycles. The van der Waals surface area contributed by atoms with E-state index < -0.39 is 0 Å². The summed E-state index contributed by atoms with van der Waals surface area (Å²) >= 11 is 23.4. The number of hydrogen-bond donors (Lipinski definition) is 0. The summed E-state index contributed by atoms with van der Waals surface area (Å²) in [6.45, 7) is 69.7. The van der Waals surface area contributed by atoms with E-state index in [0.29, 0.717) is 43.5 Å². The molecule has 17 heterocycles. The van der Waals surface area contributed by atoms with E-state index in [-0.39, 0.29) is 5.78 Å². The van der Waals surface area contributed by atoms with Gasteiger partial charge in [-0.05, 0) is 227 Å². The Morgan fingerprint density at radius 1 is 0.288 bits per heavy atom. The van der Waals surface area contributed by atoms with Crippen LogP contribution >= 0.6 is 125 Å². The Hall–Kier alpha value is -4.61. The molecule has 0 atom stereocenters. The number of thiophene rings is 10. The summed E-state index contributed by atoms with van der Waals surface area (Å²) < 4.78 is 52.1. The van der Waals surface area contributed by atoms with Crippen LogP contribution in [0.3, 0.4) is 0 Å². The number of benzene rings is 2. The molecule has 0 bridgehead atoms. The van der Waals surface area contributed by atoms with Crippen LogP contribution in [0, 0.1) is 215 Å². The molecule has 19 rings (SSSR count). The van der Waals surface area contributed by atoms with E-state index in [4.69, 9.17) is 26.3 Å². The van der Waals surface area contributed by atoms with Crippen molar-refractivity contribution in [3.63, 3.8) is 0 Å². The first-order valence-electron chi connectivity index (χ1n) is 37.0. The number of carbonyl (C=O) groups excluding carboxylic acids is 1. The molecule has 0 fully saturated rings. The fourth-order valence-corrected chi connectivity index (χ4v) is 37.6. The van der Waals surface area contributed by atoms with Crippen LogP contribution in [0.15, 0.2) is 17.6 Å². The molecule has 0 radical (unpaired) electrons. The third-order valence-electron chi connectivity index (χ3n) is 22.8. The number of hydrogen-bond acceptors (Lipinski definition) is 18. The predicted molar refractivity (Wildman–Crippen MR) is 510 cm³/mol. The van der Waals surface area contributed by atoms with Crippen LogP contribution in [-0.4, -0.2) is 58.0 Å². The zero-order valence-electron chi connectivity index (χ0n) is 69.6. The normalized spacial score (nSPS) is 11.9. The van der Waals surface area contributed by atoms with Crippen molar-refractivity contribution >= 4 is 286 Å². The van der Waals surface area contributed by atoms with Gasteiger partial charge < -0.3 is 8.83 Å². The summed E-state index contributed by atoms with van der Waals surface area (Å²) in [6.07, 6.45) is 0. The van der Waals surface area contributed by atoms with Crippen molar-refractivity contribution in [2.75, 3.05) is 0 Å². The Bertz CT molecular complexity index is 6330. The van der Waals surface area contributed by atoms with Crippen molar-refractivity contribution < 1.29 is 13.6 Å². The summed E-state index contributed by atoms with van der Waals surface area (Å²) in [6, 6.07) is 0. The van der Waals surface area contributed by atoms with Gasteiger partial charge in [0.2, 0.25) is 0 Å². The quantitative estimate of drug-likeness (QED) is 0.130. The Morgan fingerprint density at radius 2 is 0.658 bits per heavy atom. The molecule has 0 unspecified atom stereocenters. The molecule has 1 aliphatic rings. The number of nitrogens with zero attached hydrogens (tertiary/aromatic N) is 4. The number of Topliss-reactive ketones (excluding diaryl/α,β-unsaturated/α-hetero) is 1. The van der Waals surface area contributed by atoms with Gasteiger partial charge in [0.1, 0.15) is 33.9 Å². The van der Waals surface area contributed by atoms with Crippen LogP contribution in [-0.2, 0) is 11.4 Å². The van der Waals surface area contributed by atoms with Crippen molar-refractivity contribution in [3.8, 4) is 20.9 Å². The fourth-order valence-electron chi connectivity index (χ4n) is 14.4. The molecule has 0 N–H and O–H groups in total. The molecule has 1 aliphatic heterocycles. The first-order valence-corrected chi connectivity index (χ1v) is 51.7. The summed E-state index contributed by atoms with van der Waals surface area (Å²) in [5.41, 5.74) is 31.7. The van der Waals surface area contributed by atoms with Crippen LogP contribution in [0.1, 0.15) is 180 Å². The average Bonchev–Trinajstić information content (AvgIpc) is 1.60. The van der Waals surface area contributed by atoms with Crippen LogP contribution in [0.5, 0.6) is 0 Å². The summed E-state index contributed by atoms with van der Waals surface area (Å²) in [5.74, 6) is 2.09. The minimum atomic E-state index is 0.188. The number of rotatable bonds is 3. The topological polar surface area (TPSA) is 93.8 Å². The number of aryl methyl sites for hydroxylation is 27. The zero-order valence-corrected chi connectivity index (χ0v) is 84.6. The molecule has 0 aliphatic carbocycles. The van der Waals surface area contributed by atoms with E-state index >= 15 is 0 Å². The maximum atomic E-state index is 11.4. The number of furan rings is 2. The third-order valence-corrected chi connectivity index (χ3v) is 46.8. The number of aromatic nitrogens is 2. The van der Waals surface area contributed by atoms with Crippen LogP contribution < -0.4 is 0 Å². The Kier molecular flexibility index (Phi) is 24.8. The molecule has 7 nitrogen and oxygen atoms in total. The van der Waals surface area contributed by atoms with Gasteiger partial charge in [-0.25, -0.2) is 0 Å². The Balaban J connectivity index is 0.000000117. The van der Waals surface area contributed by atoms with Crippen LogP contribution in [0.4, 0.5) is 11.4 Å². The summed E-state index contributed by atoms with van der Waals surface area (Å²) in [5, 5.41) is 4.32. The van der Waals surface area contributed by atoms with Gasteiger partial charge in [-0.3, -0.25) is 4.79 Å². The van der Waals surface area contributed by atoms with Crippen molar-refractivity contribution in [1.82, 2.24) is 8.75 Å². The molecule has 0 amide bonds. The molecule has 16 aromatic heterocycles. The monoisotopic (exact) mass is 1890 g/mol. The summed E-state index contributed by atoms with van der Waals surface area (Å²) in [4.78, 5) is 27.5. The van der Waals surface area contributed by atoms with E-state index in [1.165, 1.54) is 183 Å². The standard InChI is InChI=1S/C20H18N4S4.C16H18S2.C12H12S2Se.C11H12OS2.C10H12O2.C10H12S2.C10H12Se2/c1-7-9(3)19(25-11(7)5)13-15-17(23-27-21-15)14(18-16(13)22-28-24-18)20-10(4)8(2)12(6)26-20;1-7-11(5)17-15-10(4)14-8(2)12(6)18-16(14)9(3)13(7)15;1-5-7(3)13-11-9(5)14-10-6(2)8(4)15-12(10)11;1-5-9-7(3)13-8(4)11(9)14-10(5)6(2)12;3*1-5-7(3)11-10-6(2)8(4)12-9(5)10/h1-6H3;1-6H3;1-4H3;1-4H3;3*1-4H3. The predicted octanol–water partition coefficient (Wildman–Crippen LogP) is 31.8. The van der Waals surface area contributed by atoms with Crippen molar-refractivity contribution in [1.29, 1.82) is 0 Å². The van der Waals surface area contributed by atoms with Crippen LogP contribution in [0.2, 0.25) is 0 Å². The molecule has 2 aromatic carbocycles. The second kappa shape index (κ2) is 32.7. The Morgan fingerprint density at radius 3 is 1.05 bits per heavy atom. The average molecular weight is 1890 g/mol. The molecular formula is C89H96N4O3S12Se3. The first kappa shape index (κ1) is 84.3. The minimum absolute atomic E-state index is 0.188. The van der Waals surface area contributed by atoms with Gasteiger partial charge in [-0.15, -0.1) is 90.7 Å². The maximum absolute atomic E-state index is 11.4. The SMILES string of the molecule is CC(=O)c1sc2c(C)sc(C)c2c1C.Cc1[se]c2c(C)c(C)[se]c2c1C.Cc1oc2c(C)c(C)oc2c1C.Cc1sc(-c2c3c(c(-c4sc(C)c(C)c4C)c4nsnc24)N=S=N3)c(C)c1C.Cc1sc2c(C)c(C)sc2c1C.Cc1sc2c(C)c3c(C)c(C)sc3c(C)c2c1C.Cc1sc2c(sc3c(C)c(C)[se]c32)c1C. The van der Waals surface area contributed by atoms with E-state index in [9.17, 15) is 4.79 Å². The fraction of sp³-hybridized carbons (Fsp3) is 0.360. The number of ketones is 1. The van der Waals surface area contributed by atoms with E-state index in [1.54, 1.807) is 75.1 Å². The molecule has 580 valence electrons. The van der Waals surface area contributed by atoms with Gasteiger partial charge in [0.25, 0.3) is 0 Å². The zero-order chi connectivity index (χ0) is 80.8. The second-order valence-corrected chi connectivity index (χ2v) is 50.4. The molecule has 22 heteroatoms. The van der Waals surface area contributed by atoms with Gasteiger partial charge in [-0.1, -0.05) is 0 Å². The van der Waals surface area contributed by atoms with E-state index in [1.807, 2.05) is 130 Å².